The van der Waals surface area contributed by atoms with Crippen molar-refractivity contribution in [3.63, 3.8) is 0 Å². The van der Waals surface area contributed by atoms with Crippen LogP contribution in [-0.2, 0) is 14.3 Å². The van der Waals surface area contributed by atoms with Gasteiger partial charge < -0.3 is 14.9 Å². The van der Waals surface area contributed by atoms with Crippen LogP contribution in [0.4, 0.5) is 0 Å². The fraction of sp³-hybridized carbons (Fsp3) is 0.897. The minimum absolute atomic E-state index is 0.00580. The quantitative estimate of drug-likeness (QED) is 0.0409. The number of carbonyl (C=O) groups excluding carboxylic acids is 1. The first-order valence-electron chi connectivity index (χ1n) is 19.2. The van der Waals surface area contributed by atoms with Crippen LogP contribution in [0.2, 0.25) is 0 Å². The molecule has 0 amide bonds. The molecule has 0 aliphatic heterocycles. The maximum atomic E-state index is 12.0. The summed E-state index contributed by atoms with van der Waals surface area (Å²) in [5, 5.41) is 18.0. The van der Waals surface area contributed by atoms with Crippen LogP contribution in [-0.4, -0.2) is 35.4 Å². The first-order valence-corrected chi connectivity index (χ1v) is 19.2. The van der Waals surface area contributed by atoms with Crippen molar-refractivity contribution < 1.29 is 24.5 Å². The Hall–Kier alpha value is -1.36. The molecule has 0 aromatic rings. The SMILES string of the molecule is C=CCC(CCCCCCCCCCCCCCCCOC(=O)CCCCCCCCCCCCCCCCCO)C(=O)O. The summed E-state index contributed by atoms with van der Waals surface area (Å²) < 4.78 is 5.43. The number of unbranched alkanes of at least 4 members (excludes halogenated alkanes) is 27. The lowest BCUT2D eigenvalue weighted by atomic mass is 9.97. The van der Waals surface area contributed by atoms with Gasteiger partial charge in [0.2, 0.25) is 0 Å². The molecule has 44 heavy (non-hydrogen) atoms. The number of rotatable bonds is 37. The van der Waals surface area contributed by atoms with Crippen molar-refractivity contribution in [1.82, 2.24) is 0 Å². The molecule has 5 nitrogen and oxygen atoms in total. The predicted molar refractivity (Wildman–Crippen MR) is 187 cm³/mol. The molecule has 0 bridgehead atoms. The summed E-state index contributed by atoms with van der Waals surface area (Å²) in [6, 6.07) is 0. The van der Waals surface area contributed by atoms with Gasteiger partial charge in [0.05, 0.1) is 12.5 Å². The number of carboxylic acids is 1. The van der Waals surface area contributed by atoms with Gasteiger partial charge in [0, 0.05) is 13.0 Å². The number of aliphatic hydroxyl groups is 1. The van der Waals surface area contributed by atoms with Crippen molar-refractivity contribution in [2.75, 3.05) is 13.2 Å². The predicted octanol–water partition coefficient (Wildman–Crippen LogP) is 11.9. The van der Waals surface area contributed by atoms with E-state index >= 15 is 0 Å². The fourth-order valence-electron chi connectivity index (χ4n) is 6.09. The van der Waals surface area contributed by atoms with Gasteiger partial charge in [-0.3, -0.25) is 9.59 Å². The average Bonchev–Trinajstić information content (AvgIpc) is 3.01. The molecule has 0 heterocycles. The van der Waals surface area contributed by atoms with Crippen LogP contribution in [0.3, 0.4) is 0 Å². The second-order valence-corrected chi connectivity index (χ2v) is 13.3. The van der Waals surface area contributed by atoms with E-state index in [0.717, 1.165) is 44.9 Å². The van der Waals surface area contributed by atoms with Crippen LogP contribution >= 0.6 is 0 Å². The third-order valence-corrected chi connectivity index (χ3v) is 9.05. The molecule has 0 aromatic carbocycles. The zero-order valence-electron chi connectivity index (χ0n) is 29.0. The van der Waals surface area contributed by atoms with Crippen molar-refractivity contribution in [1.29, 1.82) is 0 Å². The molecule has 0 aliphatic rings. The maximum Gasteiger partial charge on any atom is 0.306 e. The Balaban J connectivity index is 3.22. The number of allylic oxidation sites excluding steroid dienone is 1. The lowest BCUT2D eigenvalue weighted by Crippen LogP contribution is -2.12. The number of carbonyl (C=O) groups is 2. The van der Waals surface area contributed by atoms with Crippen molar-refractivity contribution in [3.05, 3.63) is 12.7 Å². The number of hydrogen-bond donors (Lipinski definition) is 2. The van der Waals surface area contributed by atoms with Crippen LogP contribution in [0, 0.1) is 5.92 Å². The smallest absolute Gasteiger partial charge is 0.306 e. The fourth-order valence-corrected chi connectivity index (χ4v) is 6.09. The Morgan fingerprint density at radius 2 is 0.864 bits per heavy atom. The molecule has 0 rings (SSSR count). The molecule has 1 unspecified atom stereocenters. The molecule has 0 aliphatic carbocycles. The van der Waals surface area contributed by atoms with Gasteiger partial charge in [-0.15, -0.1) is 6.58 Å². The second kappa shape index (κ2) is 36.1. The zero-order valence-corrected chi connectivity index (χ0v) is 29.0. The maximum absolute atomic E-state index is 12.0. The van der Waals surface area contributed by atoms with Crippen molar-refractivity contribution in [2.45, 2.75) is 205 Å². The van der Waals surface area contributed by atoms with Crippen LogP contribution in [0.25, 0.3) is 0 Å². The average molecular weight is 623 g/mol. The van der Waals surface area contributed by atoms with Gasteiger partial charge in [0.25, 0.3) is 0 Å². The number of ether oxygens (including phenoxy) is 1. The van der Waals surface area contributed by atoms with E-state index in [4.69, 9.17) is 14.9 Å². The minimum Gasteiger partial charge on any atom is -0.481 e. The van der Waals surface area contributed by atoms with Gasteiger partial charge in [-0.05, 0) is 32.1 Å². The topological polar surface area (TPSA) is 83.8 Å². The number of hydrogen-bond acceptors (Lipinski definition) is 4. The highest BCUT2D eigenvalue weighted by Crippen LogP contribution is 2.18. The van der Waals surface area contributed by atoms with E-state index in [0.29, 0.717) is 26.1 Å². The van der Waals surface area contributed by atoms with Crippen molar-refractivity contribution in [3.8, 4) is 0 Å². The first-order chi connectivity index (χ1) is 21.6. The normalized spacial score (nSPS) is 11.9. The van der Waals surface area contributed by atoms with E-state index in [2.05, 4.69) is 6.58 Å². The first kappa shape index (κ1) is 42.6. The molecule has 1 atom stereocenters. The highest BCUT2D eigenvalue weighted by atomic mass is 16.5. The third-order valence-electron chi connectivity index (χ3n) is 9.05. The van der Waals surface area contributed by atoms with E-state index in [1.54, 1.807) is 6.08 Å². The van der Waals surface area contributed by atoms with Gasteiger partial charge >= 0.3 is 11.9 Å². The van der Waals surface area contributed by atoms with E-state index in [1.807, 2.05) is 0 Å². The molecule has 2 N–H and O–H groups in total. The zero-order chi connectivity index (χ0) is 32.2. The number of carboxylic acid groups (broad SMARTS) is 1. The summed E-state index contributed by atoms with van der Waals surface area (Å²) in [6.07, 6.45) is 40.0. The summed E-state index contributed by atoms with van der Waals surface area (Å²) in [5.74, 6) is -0.933. The Bertz CT molecular complexity index is 620. The molecular weight excluding hydrogens is 548 g/mol. The summed E-state index contributed by atoms with van der Waals surface area (Å²) >= 11 is 0. The number of aliphatic hydroxyl groups excluding tert-OH is 1. The van der Waals surface area contributed by atoms with E-state index in [-0.39, 0.29) is 11.9 Å². The van der Waals surface area contributed by atoms with Gasteiger partial charge in [0.15, 0.2) is 0 Å². The molecular formula is C39H74O5. The number of esters is 1. The summed E-state index contributed by atoms with van der Waals surface area (Å²) in [6.45, 7) is 4.60. The Labute approximate surface area is 273 Å². The summed E-state index contributed by atoms with van der Waals surface area (Å²) in [7, 11) is 0. The minimum atomic E-state index is -0.682. The van der Waals surface area contributed by atoms with Crippen LogP contribution < -0.4 is 0 Å². The lowest BCUT2D eigenvalue weighted by Gasteiger charge is -2.09. The Morgan fingerprint density at radius 3 is 1.23 bits per heavy atom. The van der Waals surface area contributed by atoms with Crippen LogP contribution in [0.1, 0.15) is 205 Å². The van der Waals surface area contributed by atoms with E-state index in [9.17, 15) is 9.59 Å². The summed E-state index contributed by atoms with van der Waals surface area (Å²) in [5.41, 5.74) is 0. The molecule has 0 saturated heterocycles. The van der Waals surface area contributed by atoms with Crippen LogP contribution in [0.5, 0.6) is 0 Å². The monoisotopic (exact) mass is 623 g/mol. The molecule has 0 aromatic heterocycles. The van der Waals surface area contributed by atoms with Gasteiger partial charge in [-0.2, -0.15) is 0 Å². The van der Waals surface area contributed by atoms with Gasteiger partial charge in [-0.25, -0.2) is 0 Å². The standard InChI is InChI=1S/C39H74O5/c1-2-32-37(39(42)43)33-28-24-20-16-12-8-5-7-11-15-19-23-27-31-36-44-38(41)34-29-25-21-17-13-9-4-3-6-10-14-18-22-26-30-35-40/h2,37,40H,1,3-36H2,(H,42,43). The van der Waals surface area contributed by atoms with E-state index < -0.39 is 5.97 Å². The summed E-state index contributed by atoms with van der Waals surface area (Å²) in [4.78, 5) is 23.1. The van der Waals surface area contributed by atoms with Gasteiger partial charge in [0.1, 0.15) is 0 Å². The highest BCUT2D eigenvalue weighted by molar-refractivity contribution is 5.70. The molecule has 0 saturated carbocycles. The molecule has 0 fully saturated rings. The third kappa shape index (κ3) is 33.5. The van der Waals surface area contributed by atoms with Crippen LogP contribution in [0.15, 0.2) is 12.7 Å². The Morgan fingerprint density at radius 1 is 0.523 bits per heavy atom. The second-order valence-electron chi connectivity index (χ2n) is 13.3. The highest BCUT2D eigenvalue weighted by Gasteiger charge is 2.14. The van der Waals surface area contributed by atoms with Crippen molar-refractivity contribution in [2.24, 2.45) is 5.92 Å². The molecule has 0 spiro atoms. The van der Waals surface area contributed by atoms with Crippen molar-refractivity contribution >= 4 is 11.9 Å². The van der Waals surface area contributed by atoms with E-state index in [1.165, 1.54) is 148 Å². The van der Waals surface area contributed by atoms with Gasteiger partial charge in [-0.1, -0.05) is 173 Å². The lowest BCUT2D eigenvalue weighted by molar-refractivity contribution is -0.144. The molecule has 0 radical (unpaired) electrons. The Kier molecular flexibility index (Phi) is 35.0. The number of aliphatic carboxylic acids is 1. The molecule has 5 heteroatoms. The molecule has 260 valence electrons. The largest absolute Gasteiger partial charge is 0.481 e.